The first-order chi connectivity index (χ1) is 14.0. The van der Waals surface area contributed by atoms with Gasteiger partial charge in [0.2, 0.25) is 0 Å². The van der Waals surface area contributed by atoms with Crippen molar-refractivity contribution in [3.05, 3.63) is 46.4 Å². The number of hydrogen-bond donors (Lipinski definition) is 0. The van der Waals surface area contributed by atoms with Crippen molar-refractivity contribution >= 4 is 55.8 Å². The van der Waals surface area contributed by atoms with Crippen LogP contribution in [0.4, 0.5) is 10.2 Å². The molecule has 5 rings (SSSR count). The molecule has 3 aromatic heterocycles. The first-order valence-corrected chi connectivity index (χ1v) is 10.3. The number of piperazine rings is 1. The SMILES string of the molecule is Cn1ncc2c(N3CCN(C(=O)c4sc5cc(F)ccc5c4Cl)CC3)ncnc21. The summed E-state index contributed by atoms with van der Waals surface area (Å²) >= 11 is 7.65. The molecule has 0 bridgehead atoms. The summed E-state index contributed by atoms with van der Waals surface area (Å²) in [6.45, 7) is 2.38. The monoisotopic (exact) mass is 430 g/mol. The lowest BCUT2D eigenvalue weighted by molar-refractivity contribution is 0.0751. The zero-order chi connectivity index (χ0) is 20.1. The quantitative estimate of drug-likeness (QED) is 0.488. The molecule has 0 saturated carbocycles. The van der Waals surface area contributed by atoms with Gasteiger partial charge in [0.05, 0.1) is 16.6 Å². The van der Waals surface area contributed by atoms with Crippen molar-refractivity contribution < 1.29 is 9.18 Å². The summed E-state index contributed by atoms with van der Waals surface area (Å²) in [5.41, 5.74) is 0.776. The van der Waals surface area contributed by atoms with Crippen molar-refractivity contribution in [2.24, 2.45) is 7.05 Å². The highest BCUT2D eigenvalue weighted by Crippen LogP contribution is 2.36. The molecule has 148 valence electrons. The van der Waals surface area contributed by atoms with Crippen LogP contribution in [0.25, 0.3) is 21.1 Å². The third kappa shape index (κ3) is 3.01. The zero-order valence-electron chi connectivity index (χ0n) is 15.5. The van der Waals surface area contributed by atoms with Crippen LogP contribution >= 0.6 is 22.9 Å². The highest BCUT2D eigenvalue weighted by Gasteiger charge is 2.27. The Hall–Kier alpha value is -2.78. The number of amides is 1. The molecule has 1 aliphatic rings. The molecule has 1 saturated heterocycles. The van der Waals surface area contributed by atoms with Gasteiger partial charge in [-0.1, -0.05) is 11.6 Å². The van der Waals surface area contributed by atoms with E-state index in [0.717, 1.165) is 16.9 Å². The summed E-state index contributed by atoms with van der Waals surface area (Å²) in [4.78, 5) is 26.1. The molecule has 0 spiro atoms. The largest absolute Gasteiger partial charge is 0.352 e. The first kappa shape index (κ1) is 18.3. The Morgan fingerprint density at radius 1 is 1.17 bits per heavy atom. The topological polar surface area (TPSA) is 67.2 Å². The van der Waals surface area contributed by atoms with Crippen LogP contribution in [0.1, 0.15) is 9.67 Å². The van der Waals surface area contributed by atoms with E-state index in [1.807, 2.05) is 7.05 Å². The summed E-state index contributed by atoms with van der Waals surface area (Å²) in [5, 5.41) is 6.25. The lowest BCUT2D eigenvalue weighted by atomic mass is 10.2. The third-order valence-corrected chi connectivity index (χ3v) is 6.81. The lowest BCUT2D eigenvalue weighted by Gasteiger charge is -2.35. The van der Waals surface area contributed by atoms with E-state index in [9.17, 15) is 9.18 Å². The van der Waals surface area contributed by atoms with E-state index < -0.39 is 0 Å². The Balaban J connectivity index is 1.36. The number of fused-ring (bicyclic) bond motifs is 2. The van der Waals surface area contributed by atoms with Gasteiger partial charge in [-0.15, -0.1) is 11.3 Å². The Kier molecular flexibility index (Phi) is 4.36. The molecule has 1 fully saturated rings. The number of carbonyl (C=O) groups is 1. The molecular weight excluding hydrogens is 415 g/mol. The number of aryl methyl sites for hydroxylation is 1. The summed E-state index contributed by atoms with van der Waals surface area (Å²) < 4.78 is 15.9. The number of halogens is 2. The second kappa shape index (κ2) is 6.93. The van der Waals surface area contributed by atoms with Crippen molar-refractivity contribution in [2.45, 2.75) is 0 Å². The molecule has 0 N–H and O–H groups in total. The normalized spacial score (nSPS) is 14.9. The van der Waals surface area contributed by atoms with Crippen molar-refractivity contribution in [3.63, 3.8) is 0 Å². The van der Waals surface area contributed by atoms with E-state index in [1.54, 1.807) is 21.8 Å². The molecule has 4 heterocycles. The van der Waals surface area contributed by atoms with Crippen molar-refractivity contribution in [3.8, 4) is 0 Å². The van der Waals surface area contributed by atoms with E-state index in [1.165, 1.54) is 29.8 Å². The highest BCUT2D eigenvalue weighted by molar-refractivity contribution is 7.21. The Morgan fingerprint density at radius 3 is 2.76 bits per heavy atom. The van der Waals surface area contributed by atoms with Crippen molar-refractivity contribution in [1.29, 1.82) is 0 Å². The molecule has 4 aromatic rings. The van der Waals surface area contributed by atoms with Crippen LogP contribution in [0.2, 0.25) is 5.02 Å². The third-order valence-electron chi connectivity index (χ3n) is 5.16. The van der Waals surface area contributed by atoms with Gasteiger partial charge in [-0.25, -0.2) is 14.4 Å². The highest BCUT2D eigenvalue weighted by atomic mass is 35.5. The number of anilines is 1. The van der Waals surface area contributed by atoms with Crippen LogP contribution in [0.3, 0.4) is 0 Å². The number of nitrogens with zero attached hydrogens (tertiary/aromatic N) is 6. The van der Waals surface area contributed by atoms with Crippen LogP contribution in [-0.4, -0.2) is 56.7 Å². The minimum absolute atomic E-state index is 0.120. The standard InChI is InChI=1S/C19H16ClFN6OS/c1-25-17-13(9-24-25)18(23-10-22-17)26-4-6-27(7-5-26)19(28)16-15(20)12-3-2-11(21)8-14(12)29-16/h2-3,8-10H,4-7H2,1H3. The van der Waals surface area contributed by atoms with Gasteiger partial charge in [0.1, 0.15) is 22.8 Å². The minimum Gasteiger partial charge on any atom is -0.352 e. The molecule has 7 nitrogen and oxygen atoms in total. The van der Waals surface area contributed by atoms with Crippen molar-refractivity contribution in [2.75, 3.05) is 31.1 Å². The molecule has 1 amide bonds. The number of carbonyl (C=O) groups excluding carboxylic acids is 1. The van der Waals surface area contributed by atoms with Gasteiger partial charge in [-0.05, 0) is 18.2 Å². The number of aromatic nitrogens is 4. The molecule has 1 aliphatic heterocycles. The molecule has 0 aliphatic carbocycles. The molecule has 29 heavy (non-hydrogen) atoms. The summed E-state index contributed by atoms with van der Waals surface area (Å²) in [6.07, 6.45) is 3.30. The first-order valence-electron chi connectivity index (χ1n) is 9.07. The van der Waals surface area contributed by atoms with Crippen LogP contribution in [-0.2, 0) is 7.05 Å². The number of hydrogen-bond acceptors (Lipinski definition) is 6. The average molecular weight is 431 g/mol. The Morgan fingerprint density at radius 2 is 1.97 bits per heavy atom. The zero-order valence-corrected chi connectivity index (χ0v) is 17.0. The van der Waals surface area contributed by atoms with Gasteiger partial charge >= 0.3 is 0 Å². The van der Waals surface area contributed by atoms with Gasteiger partial charge < -0.3 is 9.80 Å². The van der Waals surface area contributed by atoms with E-state index >= 15 is 0 Å². The molecule has 0 unspecified atom stereocenters. The maximum Gasteiger partial charge on any atom is 0.265 e. The maximum atomic E-state index is 13.5. The van der Waals surface area contributed by atoms with E-state index in [0.29, 0.717) is 46.2 Å². The predicted molar refractivity (Wildman–Crippen MR) is 111 cm³/mol. The van der Waals surface area contributed by atoms with E-state index in [2.05, 4.69) is 20.0 Å². The maximum absolute atomic E-state index is 13.5. The molecule has 10 heteroatoms. The Labute approximate surface area is 174 Å². The average Bonchev–Trinajstić information content (AvgIpc) is 3.27. The van der Waals surface area contributed by atoms with Gasteiger partial charge in [-0.2, -0.15) is 5.10 Å². The summed E-state index contributed by atoms with van der Waals surface area (Å²) in [5.74, 6) is 0.366. The fourth-order valence-corrected chi connectivity index (χ4v) is 5.15. The van der Waals surface area contributed by atoms with Crippen LogP contribution in [0.5, 0.6) is 0 Å². The smallest absolute Gasteiger partial charge is 0.265 e. The van der Waals surface area contributed by atoms with Gasteiger partial charge in [-0.3, -0.25) is 9.48 Å². The van der Waals surface area contributed by atoms with Gasteiger partial charge in [0, 0.05) is 43.3 Å². The number of benzene rings is 1. The van der Waals surface area contributed by atoms with Crippen LogP contribution in [0, 0.1) is 5.82 Å². The number of thiophene rings is 1. The van der Waals surface area contributed by atoms with E-state index in [4.69, 9.17) is 11.6 Å². The number of rotatable bonds is 2. The van der Waals surface area contributed by atoms with Crippen LogP contribution < -0.4 is 4.90 Å². The predicted octanol–water partition coefficient (Wildman–Crippen LogP) is 3.33. The molecule has 1 aromatic carbocycles. The van der Waals surface area contributed by atoms with Crippen LogP contribution in [0.15, 0.2) is 30.7 Å². The molecular formula is C19H16ClFN6OS. The van der Waals surface area contributed by atoms with Gasteiger partial charge in [0.15, 0.2) is 5.65 Å². The minimum atomic E-state index is -0.338. The fraction of sp³-hybridized carbons (Fsp3) is 0.263. The van der Waals surface area contributed by atoms with Crippen molar-refractivity contribution in [1.82, 2.24) is 24.6 Å². The Bertz CT molecular complexity index is 1250. The van der Waals surface area contributed by atoms with E-state index in [-0.39, 0.29) is 11.7 Å². The second-order valence-electron chi connectivity index (χ2n) is 6.87. The molecule has 0 radical (unpaired) electrons. The van der Waals surface area contributed by atoms with Gasteiger partial charge in [0.25, 0.3) is 5.91 Å². The lowest BCUT2D eigenvalue weighted by Crippen LogP contribution is -2.49. The molecule has 0 atom stereocenters. The fourth-order valence-electron chi connectivity index (χ4n) is 3.64. The summed E-state index contributed by atoms with van der Waals surface area (Å²) in [6, 6.07) is 4.39. The second-order valence-corrected chi connectivity index (χ2v) is 8.30. The summed E-state index contributed by atoms with van der Waals surface area (Å²) in [7, 11) is 1.84.